The molecule has 1 aliphatic heterocycles. The largest absolute Gasteiger partial charge is 0.489 e. The molecule has 4 heterocycles. The smallest absolute Gasteiger partial charge is 0.259 e. The van der Waals surface area contributed by atoms with Gasteiger partial charge in [0, 0.05) is 48.4 Å². The van der Waals surface area contributed by atoms with E-state index in [1.807, 2.05) is 30.3 Å². The van der Waals surface area contributed by atoms with Crippen molar-refractivity contribution < 1.29 is 4.74 Å². The van der Waals surface area contributed by atoms with Gasteiger partial charge in [0.1, 0.15) is 23.8 Å². The summed E-state index contributed by atoms with van der Waals surface area (Å²) in [6, 6.07) is 14.7. The topological polar surface area (TPSA) is 61.1 Å². The summed E-state index contributed by atoms with van der Waals surface area (Å²) in [4.78, 5) is 17.6. The quantitative estimate of drug-likeness (QED) is 0.488. The first kappa shape index (κ1) is 22.4. The number of aromatic nitrogens is 3. The summed E-state index contributed by atoms with van der Waals surface area (Å²) in [6.45, 7) is 2.32. The fourth-order valence-corrected chi connectivity index (χ4v) is 4.31. The van der Waals surface area contributed by atoms with Crippen LogP contribution in [0.2, 0.25) is 5.02 Å². The Balaban J connectivity index is 0.00000245. The molecule has 166 valence electrons. The van der Waals surface area contributed by atoms with Crippen LogP contribution in [0.15, 0.2) is 59.5 Å². The molecule has 32 heavy (non-hydrogen) atoms. The second-order valence-electron chi connectivity index (χ2n) is 7.76. The van der Waals surface area contributed by atoms with Gasteiger partial charge in [-0.25, -0.2) is 4.98 Å². The lowest BCUT2D eigenvalue weighted by molar-refractivity contribution is 0.305. The maximum Gasteiger partial charge on any atom is 0.259 e. The van der Waals surface area contributed by atoms with Crippen molar-refractivity contribution in [2.45, 2.75) is 19.4 Å². The summed E-state index contributed by atoms with van der Waals surface area (Å²) in [6.07, 6.45) is 3.69. The zero-order chi connectivity index (χ0) is 21.4. The monoisotopic (exact) mass is 470 g/mol. The number of aryl methyl sites for hydroxylation is 1. The van der Waals surface area contributed by atoms with E-state index in [1.165, 1.54) is 22.7 Å². The lowest BCUT2D eigenvalue weighted by Crippen LogP contribution is -2.18. The molecule has 0 atom stereocenters. The van der Waals surface area contributed by atoms with Gasteiger partial charge in [0.05, 0.1) is 0 Å². The number of nitrogens with zero attached hydrogens (tertiary/aromatic N) is 3. The van der Waals surface area contributed by atoms with Crippen LogP contribution in [-0.4, -0.2) is 27.2 Å². The second-order valence-corrected chi connectivity index (χ2v) is 8.20. The highest BCUT2D eigenvalue weighted by Gasteiger charge is 2.18. The van der Waals surface area contributed by atoms with Crippen LogP contribution in [0.1, 0.15) is 16.8 Å². The van der Waals surface area contributed by atoms with E-state index in [4.69, 9.17) is 21.3 Å². The maximum absolute atomic E-state index is 12.8. The van der Waals surface area contributed by atoms with Crippen molar-refractivity contribution in [1.82, 2.24) is 19.4 Å². The molecule has 3 aromatic heterocycles. The molecule has 0 aliphatic carbocycles. The average Bonchev–Trinajstić information content (AvgIpc) is 2.93. The van der Waals surface area contributed by atoms with Crippen molar-refractivity contribution in [2.24, 2.45) is 7.05 Å². The van der Waals surface area contributed by atoms with Gasteiger partial charge in [-0.15, -0.1) is 12.4 Å². The second kappa shape index (κ2) is 9.36. The highest BCUT2D eigenvalue weighted by atomic mass is 35.5. The van der Waals surface area contributed by atoms with Crippen molar-refractivity contribution >= 4 is 35.0 Å². The number of hydrogen-bond acceptors (Lipinski definition) is 4. The molecular weight excluding hydrogens is 447 g/mol. The highest BCUT2D eigenvalue weighted by Crippen LogP contribution is 2.27. The number of hydrogen-bond donors (Lipinski definition) is 1. The highest BCUT2D eigenvalue weighted by molar-refractivity contribution is 6.30. The van der Waals surface area contributed by atoms with Crippen LogP contribution in [0, 0.1) is 0 Å². The van der Waals surface area contributed by atoms with Gasteiger partial charge in [0.2, 0.25) is 0 Å². The fraction of sp³-hybridized carbons (Fsp3) is 0.250. The summed E-state index contributed by atoms with van der Waals surface area (Å²) >= 11 is 5.91. The molecule has 8 heteroatoms. The van der Waals surface area contributed by atoms with E-state index in [0.717, 1.165) is 37.1 Å². The lowest BCUT2D eigenvalue weighted by atomic mass is 10.1. The van der Waals surface area contributed by atoms with Crippen LogP contribution in [0.3, 0.4) is 0 Å². The van der Waals surface area contributed by atoms with Crippen LogP contribution in [0.5, 0.6) is 5.75 Å². The zero-order valence-corrected chi connectivity index (χ0v) is 19.2. The number of nitrogens with one attached hydrogen (secondary N) is 1. The van der Waals surface area contributed by atoms with E-state index in [1.54, 1.807) is 16.8 Å². The Hall–Kier alpha value is -2.80. The van der Waals surface area contributed by atoms with Crippen molar-refractivity contribution in [3.63, 3.8) is 0 Å². The van der Waals surface area contributed by atoms with E-state index in [2.05, 4.69) is 23.0 Å². The first-order valence-corrected chi connectivity index (χ1v) is 10.8. The minimum absolute atomic E-state index is 0. The Labute approximate surface area is 197 Å². The third-order valence-corrected chi connectivity index (χ3v) is 6.06. The third kappa shape index (κ3) is 4.26. The van der Waals surface area contributed by atoms with Gasteiger partial charge in [-0.05, 0) is 54.4 Å². The summed E-state index contributed by atoms with van der Waals surface area (Å²) in [5.74, 6) is 1.13. The van der Waals surface area contributed by atoms with Gasteiger partial charge in [-0.1, -0.05) is 23.7 Å². The molecule has 0 bridgehead atoms. The zero-order valence-electron chi connectivity index (χ0n) is 17.7. The minimum atomic E-state index is -0.180. The van der Waals surface area contributed by atoms with E-state index >= 15 is 0 Å². The summed E-state index contributed by atoms with van der Waals surface area (Å²) in [5, 5.41) is 5.30. The van der Waals surface area contributed by atoms with Gasteiger partial charge >= 0.3 is 0 Å². The molecular formula is C24H24Cl2N4O2. The van der Waals surface area contributed by atoms with E-state index in [9.17, 15) is 4.79 Å². The van der Waals surface area contributed by atoms with Crippen LogP contribution >= 0.6 is 24.0 Å². The van der Waals surface area contributed by atoms with Crippen LogP contribution in [0.25, 0.3) is 16.9 Å². The fourth-order valence-electron chi connectivity index (χ4n) is 4.18. The molecule has 4 aromatic rings. The Morgan fingerprint density at radius 1 is 1.09 bits per heavy atom. The predicted molar refractivity (Wildman–Crippen MR) is 130 cm³/mol. The van der Waals surface area contributed by atoms with Crippen molar-refractivity contribution in [3.8, 4) is 11.6 Å². The van der Waals surface area contributed by atoms with Crippen molar-refractivity contribution in [1.29, 1.82) is 0 Å². The molecule has 0 unspecified atom stereocenters. The van der Waals surface area contributed by atoms with Crippen LogP contribution < -0.4 is 15.6 Å². The Kier molecular flexibility index (Phi) is 6.55. The first-order chi connectivity index (χ1) is 15.1. The molecule has 1 aliphatic rings. The van der Waals surface area contributed by atoms with Gasteiger partial charge in [0.15, 0.2) is 0 Å². The SMILES string of the molecule is Cl.Cn1c2c(c3ccc(-n4ccc(OCc5ccc(Cl)cc5)cc4=O)nc31)CCNCC2. The number of ether oxygens (including phenoxy) is 1. The third-order valence-electron chi connectivity index (χ3n) is 5.80. The number of fused-ring (bicyclic) bond motifs is 3. The molecule has 6 nitrogen and oxygen atoms in total. The Bertz CT molecular complexity index is 1310. The summed E-state index contributed by atoms with van der Waals surface area (Å²) in [7, 11) is 2.06. The molecule has 1 N–H and O–H groups in total. The molecule has 1 aromatic carbocycles. The molecule has 5 rings (SSSR count). The molecule has 0 radical (unpaired) electrons. The van der Waals surface area contributed by atoms with Gasteiger partial charge < -0.3 is 14.6 Å². The average molecular weight is 471 g/mol. The van der Waals surface area contributed by atoms with E-state index in [-0.39, 0.29) is 18.0 Å². The molecule has 0 saturated carbocycles. The molecule has 0 spiro atoms. The Morgan fingerprint density at radius 2 is 1.88 bits per heavy atom. The van der Waals surface area contributed by atoms with Crippen LogP contribution in [-0.2, 0) is 26.5 Å². The van der Waals surface area contributed by atoms with Gasteiger partial charge in [-0.3, -0.25) is 9.36 Å². The maximum atomic E-state index is 12.8. The van der Waals surface area contributed by atoms with Crippen molar-refractivity contribution in [2.75, 3.05) is 13.1 Å². The number of halogens is 2. The number of benzene rings is 1. The Morgan fingerprint density at radius 3 is 2.66 bits per heavy atom. The summed E-state index contributed by atoms with van der Waals surface area (Å²) < 4.78 is 9.49. The molecule has 0 fully saturated rings. The molecule has 0 amide bonds. The summed E-state index contributed by atoms with van der Waals surface area (Å²) in [5.41, 5.74) is 4.40. The van der Waals surface area contributed by atoms with E-state index < -0.39 is 0 Å². The van der Waals surface area contributed by atoms with Gasteiger partial charge in [0.25, 0.3) is 5.56 Å². The predicted octanol–water partition coefficient (Wildman–Crippen LogP) is 4.07. The number of rotatable bonds is 4. The standard InChI is InChI=1S/C24H23ClN4O2.ClH/c1-28-21-9-12-26-11-8-19(21)20-6-7-22(27-24(20)28)29-13-10-18(14-23(29)30)31-15-16-2-4-17(25)5-3-16;/h2-7,10,13-14,26H,8-9,11-12,15H2,1H3;1H. The number of pyridine rings is 2. The molecule has 0 saturated heterocycles. The van der Waals surface area contributed by atoms with Crippen molar-refractivity contribution in [3.05, 3.63) is 86.9 Å². The first-order valence-electron chi connectivity index (χ1n) is 10.4. The lowest BCUT2D eigenvalue weighted by Gasteiger charge is -2.09. The van der Waals surface area contributed by atoms with E-state index in [0.29, 0.717) is 23.2 Å². The van der Waals surface area contributed by atoms with Crippen LogP contribution in [0.4, 0.5) is 0 Å². The minimum Gasteiger partial charge on any atom is -0.489 e. The van der Waals surface area contributed by atoms with Gasteiger partial charge in [-0.2, -0.15) is 0 Å². The normalized spacial score (nSPS) is 13.3.